The van der Waals surface area contributed by atoms with E-state index < -0.39 is 20.9 Å². The van der Waals surface area contributed by atoms with Gasteiger partial charge in [0.2, 0.25) is 0 Å². The van der Waals surface area contributed by atoms with Gasteiger partial charge in [-0.25, -0.2) is 0 Å². The third-order valence-corrected chi connectivity index (χ3v) is 8.33. The molecule has 0 fully saturated rings. The minimum atomic E-state index is -4.11. The number of halogens is 3. The lowest BCUT2D eigenvalue weighted by Crippen LogP contribution is -2.43. The Hall–Kier alpha value is -0.293. The van der Waals surface area contributed by atoms with Gasteiger partial charge in [-0.2, -0.15) is 13.2 Å². The van der Waals surface area contributed by atoms with Gasteiger partial charge in [-0.05, 0) is 31.0 Å². The van der Waals surface area contributed by atoms with Crippen molar-refractivity contribution in [2.24, 2.45) is 0 Å². The molecule has 0 aromatic heterocycles. The maximum Gasteiger partial charge on any atom is 0.392 e. The van der Waals surface area contributed by atoms with E-state index >= 15 is 0 Å². The highest BCUT2D eigenvalue weighted by molar-refractivity contribution is 6.74. The lowest BCUT2D eigenvalue weighted by Gasteiger charge is -2.39. The lowest BCUT2D eigenvalue weighted by molar-refractivity contribution is -0.125. The van der Waals surface area contributed by atoms with E-state index in [9.17, 15) is 13.2 Å². The summed E-state index contributed by atoms with van der Waals surface area (Å²) in [5.74, 6) is 0. The van der Waals surface area contributed by atoms with Gasteiger partial charge in [-0.3, -0.25) is 0 Å². The summed E-state index contributed by atoms with van der Waals surface area (Å²) < 4.78 is 42.5. The molecule has 0 aliphatic carbocycles. The first-order chi connectivity index (χ1) is 8.89. The minimum Gasteiger partial charge on any atom is -0.414 e. The van der Waals surface area contributed by atoms with E-state index in [0.717, 1.165) is 12.8 Å². The molecule has 120 valence electrons. The first-order valence-electron chi connectivity index (χ1n) is 7.28. The molecule has 1 atom stereocenters. The van der Waals surface area contributed by atoms with E-state index in [1.165, 1.54) is 6.08 Å². The number of allylic oxidation sites excluding steroid dienone is 1. The van der Waals surface area contributed by atoms with E-state index in [2.05, 4.69) is 40.8 Å². The fourth-order valence-corrected chi connectivity index (χ4v) is 3.01. The second kappa shape index (κ2) is 7.64. The van der Waals surface area contributed by atoms with Gasteiger partial charge in [-0.1, -0.05) is 46.3 Å². The normalized spacial score (nSPS) is 15.8. The van der Waals surface area contributed by atoms with Crippen LogP contribution in [0, 0.1) is 0 Å². The average Bonchev–Trinajstić information content (AvgIpc) is 2.21. The van der Waals surface area contributed by atoms with Gasteiger partial charge in [0.1, 0.15) is 0 Å². The van der Waals surface area contributed by atoms with Gasteiger partial charge in [0, 0.05) is 6.10 Å². The van der Waals surface area contributed by atoms with Gasteiger partial charge in [0.15, 0.2) is 8.32 Å². The van der Waals surface area contributed by atoms with Crippen LogP contribution in [0.5, 0.6) is 0 Å². The van der Waals surface area contributed by atoms with Crippen molar-refractivity contribution in [1.29, 1.82) is 0 Å². The molecule has 0 heterocycles. The third-order valence-electron chi connectivity index (χ3n) is 3.79. The maximum absolute atomic E-state index is 12.1. The molecule has 1 nitrogen and oxygen atoms in total. The SMILES string of the molecule is CCC[C@H](C/C=C\CC(F)(F)F)O[Si](C)(C)C(C)(C)C. The van der Waals surface area contributed by atoms with E-state index in [0.29, 0.717) is 6.42 Å². The molecule has 0 aromatic rings. The van der Waals surface area contributed by atoms with Crippen molar-refractivity contribution in [3.05, 3.63) is 12.2 Å². The smallest absolute Gasteiger partial charge is 0.392 e. The van der Waals surface area contributed by atoms with E-state index in [1.807, 2.05) is 0 Å². The number of rotatable bonds is 7. The van der Waals surface area contributed by atoms with Crippen molar-refractivity contribution < 1.29 is 17.6 Å². The van der Waals surface area contributed by atoms with Crippen molar-refractivity contribution in [3.63, 3.8) is 0 Å². The molecule has 5 heteroatoms. The quantitative estimate of drug-likeness (QED) is 0.409. The van der Waals surface area contributed by atoms with Crippen molar-refractivity contribution >= 4 is 8.32 Å². The lowest BCUT2D eigenvalue weighted by atomic mass is 10.1. The average molecular weight is 310 g/mol. The molecule has 0 saturated carbocycles. The molecule has 0 aromatic carbocycles. The Kier molecular flexibility index (Phi) is 7.53. The summed E-state index contributed by atoms with van der Waals surface area (Å²) in [6.45, 7) is 12.9. The minimum absolute atomic E-state index is 0.0328. The zero-order valence-electron chi connectivity index (χ0n) is 13.6. The van der Waals surface area contributed by atoms with Crippen LogP contribution in [0.2, 0.25) is 18.1 Å². The van der Waals surface area contributed by atoms with Crippen LogP contribution in [0.15, 0.2) is 12.2 Å². The van der Waals surface area contributed by atoms with Gasteiger partial charge < -0.3 is 4.43 Å². The third kappa shape index (κ3) is 8.10. The second-order valence-corrected chi connectivity index (χ2v) is 11.6. The fraction of sp³-hybridized carbons (Fsp3) is 0.867. The largest absolute Gasteiger partial charge is 0.414 e. The van der Waals surface area contributed by atoms with Gasteiger partial charge in [0.25, 0.3) is 0 Å². The van der Waals surface area contributed by atoms with Gasteiger partial charge in [0.05, 0.1) is 6.42 Å². The molecule has 0 bridgehead atoms. The second-order valence-electron chi connectivity index (χ2n) is 6.82. The molecule has 0 rings (SSSR count). The summed E-state index contributed by atoms with van der Waals surface area (Å²) in [6, 6.07) is 0. The number of alkyl halides is 3. The molecule has 0 saturated heterocycles. The molecule has 20 heavy (non-hydrogen) atoms. The Labute approximate surface area is 122 Å². The van der Waals surface area contributed by atoms with E-state index in [4.69, 9.17) is 4.43 Å². The summed E-state index contributed by atoms with van der Waals surface area (Å²) in [5, 5.41) is 0.120. The Morgan fingerprint density at radius 3 is 2.05 bits per heavy atom. The molecular weight excluding hydrogens is 281 g/mol. The predicted molar refractivity (Wildman–Crippen MR) is 81.4 cm³/mol. The molecular formula is C15H29F3OSi. The number of hydrogen-bond donors (Lipinski definition) is 0. The van der Waals surface area contributed by atoms with E-state index in [1.54, 1.807) is 6.08 Å². The molecule has 0 aliphatic rings. The molecule has 0 aliphatic heterocycles. The summed E-state index contributed by atoms with van der Waals surface area (Å²) in [5.41, 5.74) is 0. The highest BCUT2D eigenvalue weighted by Crippen LogP contribution is 2.38. The standard InChI is InChI=1S/C15H29F3OSi/c1-7-10-13(11-8-9-12-15(16,17)18)19-20(5,6)14(2,3)4/h8-9,13H,7,10-12H2,1-6H3/b9-8-/t13-/m1/s1. The zero-order chi connectivity index (χ0) is 16.0. The van der Waals surface area contributed by atoms with Gasteiger partial charge >= 0.3 is 6.18 Å². The van der Waals surface area contributed by atoms with Crippen LogP contribution in [-0.2, 0) is 4.43 Å². The maximum atomic E-state index is 12.1. The van der Waals surface area contributed by atoms with Crippen LogP contribution in [0.1, 0.15) is 53.4 Å². The topological polar surface area (TPSA) is 9.23 Å². The van der Waals surface area contributed by atoms with Crippen molar-refractivity contribution in [2.75, 3.05) is 0 Å². The predicted octanol–water partition coefficient (Wildman–Crippen LogP) is 6.08. The van der Waals surface area contributed by atoms with Crippen molar-refractivity contribution in [2.45, 2.75) is 83.8 Å². The van der Waals surface area contributed by atoms with Crippen molar-refractivity contribution in [3.8, 4) is 0 Å². The van der Waals surface area contributed by atoms with Crippen LogP contribution in [0.3, 0.4) is 0 Å². The Morgan fingerprint density at radius 1 is 1.10 bits per heavy atom. The molecule has 0 amide bonds. The van der Waals surface area contributed by atoms with Crippen LogP contribution >= 0.6 is 0 Å². The highest BCUT2D eigenvalue weighted by atomic mass is 28.4. The first-order valence-corrected chi connectivity index (χ1v) is 10.2. The van der Waals surface area contributed by atoms with Gasteiger partial charge in [-0.15, -0.1) is 0 Å². The molecule has 0 unspecified atom stereocenters. The van der Waals surface area contributed by atoms with Crippen LogP contribution < -0.4 is 0 Å². The summed E-state index contributed by atoms with van der Waals surface area (Å²) in [7, 11) is -1.86. The van der Waals surface area contributed by atoms with Crippen LogP contribution in [0.4, 0.5) is 13.2 Å². The summed E-state index contributed by atoms with van der Waals surface area (Å²) >= 11 is 0. The van der Waals surface area contributed by atoms with E-state index in [-0.39, 0.29) is 11.1 Å². The Bertz CT molecular complexity index is 303. The van der Waals surface area contributed by atoms with Crippen LogP contribution in [0.25, 0.3) is 0 Å². The summed E-state index contributed by atoms with van der Waals surface area (Å²) in [6.07, 6.45) is 0.318. The fourth-order valence-electron chi connectivity index (χ4n) is 1.61. The number of hydrogen-bond acceptors (Lipinski definition) is 1. The molecule has 0 radical (unpaired) electrons. The molecule has 0 spiro atoms. The monoisotopic (exact) mass is 310 g/mol. The van der Waals surface area contributed by atoms with Crippen LogP contribution in [-0.4, -0.2) is 20.6 Å². The van der Waals surface area contributed by atoms with Crippen molar-refractivity contribution in [1.82, 2.24) is 0 Å². The first kappa shape index (κ1) is 19.7. The zero-order valence-corrected chi connectivity index (χ0v) is 14.6. The Morgan fingerprint density at radius 2 is 1.65 bits per heavy atom. The Balaban J connectivity index is 4.52. The highest BCUT2D eigenvalue weighted by Gasteiger charge is 2.38. The molecule has 0 N–H and O–H groups in total. The summed E-state index contributed by atoms with van der Waals surface area (Å²) in [4.78, 5) is 0.